The second-order valence-corrected chi connectivity index (χ2v) is 5.23. The van der Waals surface area contributed by atoms with Crippen LogP contribution in [0.15, 0.2) is 30.5 Å². The standard InChI is InChI=1S/C14H12F3N3O4/c15-14(16,17)10-3-1-9(2-4-10)7-23-11-5-19-6-12(20(21)22)18-13(19)24-8-11/h1-4,6,11H,5,7-8H2/t11-/m0/s1. The van der Waals surface area contributed by atoms with E-state index in [2.05, 4.69) is 4.98 Å². The van der Waals surface area contributed by atoms with E-state index < -0.39 is 16.7 Å². The lowest BCUT2D eigenvalue weighted by atomic mass is 10.1. The van der Waals surface area contributed by atoms with E-state index in [-0.39, 0.29) is 31.1 Å². The number of aromatic nitrogens is 2. The molecule has 0 bridgehead atoms. The first-order valence-corrected chi connectivity index (χ1v) is 6.95. The topological polar surface area (TPSA) is 79.4 Å². The lowest BCUT2D eigenvalue weighted by Gasteiger charge is -2.22. The fraction of sp³-hybridized carbons (Fsp3) is 0.357. The van der Waals surface area contributed by atoms with Gasteiger partial charge in [-0.15, -0.1) is 0 Å². The molecule has 0 unspecified atom stereocenters. The summed E-state index contributed by atoms with van der Waals surface area (Å²) in [4.78, 5) is 13.8. The van der Waals surface area contributed by atoms with Gasteiger partial charge in [0.15, 0.2) is 0 Å². The highest BCUT2D eigenvalue weighted by atomic mass is 19.4. The second kappa shape index (κ2) is 6.11. The second-order valence-electron chi connectivity index (χ2n) is 5.23. The van der Waals surface area contributed by atoms with Gasteiger partial charge in [-0.1, -0.05) is 12.1 Å². The highest BCUT2D eigenvalue weighted by Crippen LogP contribution is 2.29. The maximum absolute atomic E-state index is 12.5. The Hall–Kier alpha value is -2.62. The van der Waals surface area contributed by atoms with Crippen molar-refractivity contribution in [3.8, 4) is 6.01 Å². The number of halogens is 3. The third-order valence-corrected chi connectivity index (χ3v) is 3.48. The zero-order valence-corrected chi connectivity index (χ0v) is 12.2. The molecule has 1 atom stereocenters. The minimum atomic E-state index is -4.37. The molecule has 1 aliphatic heterocycles. The fourth-order valence-electron chi connectivity index (χ4n) is 2.26. The predicted molar refractivity (Wildman–Crippen MR) is 74.4 cm³/mol. The van der Waals surface area contributed by atoms with Crippen molar-refractivity contribution >= 4 is 5.82 Å². The Morgan fingerprint density at radius 2 is 2.08 bits per heavy atom. The van der Waals surface area contributed by atoms with Crippen LogP contribution in [-0.4, -0.2) is 27.2 Å². The van der Waals surface area contributed by atoms with Crippen LogP contribution in [0.2, 0.25) is 0 Å². The van der Waals surface area contributed by atoms with Crippen LogP contribution in [0.3, 0.4) is 0 Å². The van der Waals surface area contributed by atoms with Gasteiger partial charge in [0, 0.05) is 4.98 Å². The molecule has 3 rings (SSSR count). The summed E-state index contributed by atoms with van der Waals surface area (Å²) in [6.45, 7) is 0.587. The molecule has 0 fully saturated rings. The maximum Gasteiger partial charge on any atom is 0.416 e. The monoisotopic (exact) mass is 343 g/mol. The summed E-state index contributed by atoms with van der Waals surface area (Å²) >= 11 is 0. The molecule has 0 N–H and O–H groups in total. The molecule has 2 heterocycles. The van der Waals surface area contributed by atoms with Gasteiger partial charge in [0.05, 0.1) is 18.7 Å². The fourth-order valence-corrected chi connectivity index (χ4v) is 2.26. The average molecular weight is 343 g/mol. The third kappa shape index (κ3) is 3.48. The molecule has 7 nitrogen and oxygen atoms in total. The first-order chi connectivity index (χ1) is 11.3. The van der Waals surface area contributed by atoms with E-state index >= 15 is 0 Å². The van der Waals surface area contributed by atoms with Crippen molar-refractivity contribution in [3.63, 3.8) is 0 Å². The predicted octanol–water partition coefficient (Wildman–Crippen LogP) is 2.79. The molecule has 10 heteroatoms. The number of nitrogens with zero attached hydrogens (tertiary/aromatic N) is 3. The molecule has 1 aliphatic rings. The highest BCUT2D eigenvalue weighted by molar-refractivity contribution is 5.24. The molecule has 0 saturated heterocycles. The van der Waals surface area contributed by atoms with Crippen LogP contribution < -0.4 is 4.74 Å². The summed E-state index contributed by atoms with van der Waals surface area (Å²) in [5.41, 5.74) is -0.131. The Bertz CT molecular complexity index is 743. The number of nitro groups is 1. The smallest absolute Gasteiger partial charge is 0.416 e. The number of hydrogen-bond donors (Lipinski definition) is 0. The van der Waals surface area contributed by atoms with Crippen molar-refractivity contribution in [2.24, 2.45) is 0 Å². The molecule has 0 aliphatic carbocycles. The molecule has 0 saturated carbocycles. The number of rotatable bonds is 4. The van der Waals surface area contributed by atoms with Crippen molar-refractivity contribution in [1.29, 1.82) is 0 Å². The van der Waals surface area contributed by atoms with Crippen molar-refractivity contribution in [2.45, 2.75) is 25.4 Å². The van der Waals surface area contributed by atoms with Crippen LogP contribution in [-0.2, 0) is 24.1 Å². The number of ether oxygens (including phenoxy) is 2. The summed E-state index contributed by atoms with van der Waals surface area (Å²) in [5, 5.41) is 10.7. The van der Waals surface area contributed by atoms with Crippen molar-refractivity contribution in [2.75, 3.05) is 6.61 Å². The Balaban J connectivity index is 1.58. The van der Waals surface area contributed by atoms with Gasteiger partial charge in [-0.2, -0.15) is 13.2 Å². The zero-order valence-electron chi connectivity index (χ0n) is 12.2. The molecule has 1 aromatic carbocycles. The number of imidazole rings is 1. The average Bonchev–Trinajstić information content (AvgIpc) is 2.96. The number of benzene rings is 1. The number of fused-ring (bicyclic) bond motifs is 1. The molecule has 0 amide bonds. The van der Waals surface area contributed by atoms with Crippen molar-refractivity contribution < 1.29 is 27.6 Å². The largest absolute Gasteiger partial charge is 0.443 e. The minimum absolute atomic E-state index is 0.109. The molecule has 24 heavy (non-hydrogen) atoms. The highest BCUT2D eigenvalue weighted by Gasteiger charge is 2.30. The molecule has 2 aromatic rings. The van der Waals surface area contributed by atoms with E-state index in [9.17, 15) is 23.3 Å². The van der Waals surface area contributed by atoms with E-state index in [0.717, 1.165) is 12.1 Å². The third-order valence-electron chi connectivity index (χ3n) is 3.48. The van der Waals surface area contributed by atoms with Crippen LogP contribution in [0.25, 0.3) is 0 Å². The van der Waals surface area contributed by atoms with Gasteiger partial charge in [0.1, 0.15) is 18.9 Å². The van der Waals surface area contributed by atoms with Gasteiger partial charge in [0.25, 0.3) is 0 Å². The van der Waals surface area contributed by atoms with Crippen LogP contribution in [0.4, 0.5) is 19.0 Å². The zero-order chi connectivity index (χ0) is 17.3. The number of hydrogen-bond acceptors (Lipinski definition) is 5. The summed E-state index contributed by atoms with van der Waals surface area (Å²) in [6.07, 6.45) is -3.50. The van der Waals surface area contributed by atoms with Gasteiger partial charge >= 0.3 is 18.0 Å². The van der Waals surface area contributed by atoms with Gasteiger partial charge in [-0.05, 0) is 22.6 Å². The van der Waals surface area contributed by atoms with E-state index in [1.54, 1.807) is 0 Å². The normalized spacial score (nSPS) is 17.2. The summed E-state index contributed by atoms with van der Waals surface area (Å²) in [7, 11) is 0. The van der Waals surface area contributed by atoms with Crippen LogP contribution >= 0.6 is 0 Å². The Morgan fingerprint density at radius 3 is 2.71 bits per heavy atom. The first-order valence-electron chi connectivity index (χ1n) is 6.95. The maximum atomic E-state index is 12.5. The van der Waals surface area contributed by atoms with E-state index in [1.807, 2.05) is 0 Å². The molecular formula is C14H12F3N3O4. The summed E-state index contributed by atoms with van der Waals surface area (Å²) < 4.78 is 49.8. The Kier molecular flexibility index (Phi) is 4.14. The molecule has 1 aromatic heterocycles. The van der Waals surface area contributed by atoms with Crippen molar-refractivity contribution in [3.05, 3.63) is 51.7 Å². The van der Waals surface area contributed by atoms with Gasteiger partial charge in [0.2, 0.25) is 0 Å². The Morgan fingerprint density at radius 1 is 1.38 bits per heavy atom. The molecule has 0 spiro atoms. The summed E-state index contributed by atoms with van der Waals surface area (Å²) in [6, 6.07) is 4.83. The molecular weight excluding hydrogens is 331 g/mol. The van der Waals surface area contributed by atoms with E-state index in [0.29, 0.717) is 12.1 Å². The summed E-state index contributed by atoms with van der Waals surface area (Å²) in [5.74, 6) is -0.312. The molecule has 128 valence electrons. The van der Waals surface area contributed by atoms with Crippen LogP contribution in [0.5, 0.6) is 6.01 Å². The lowest BCUT2D eigenvalue weighted by Crippen LogP contribution is -2.32. The number of alkyl halides is 3. The van der Waals surface area contributed by atoms with Gasteiger partial charge in [-0.25, -0.2) is 0 Å². The first kappa shape index (κ1) is 16.2. The Labute approximate surface area is 133 Å². The molecule has 0 radical (unpaired) electrons. The van der Waals surface area contributed by atoms with Crippen LogP contribution in [0.1, 0.15) is 11.1 Å². The van der Waals surface area contributed by atoms with Crippen molar-refractivity contribution in [1.82, 2.24) is 9.55 Å². The lowest BCUT2D eigenvalue weighted by molar-refractivity contribution is -0.389. The minimum Gasteiger partial charge on any atom is -0.443 e. The van der Waals surface area contributed by atoms with Gasteiger partial charge in [-0.3, -0.25) is 4.57 Å². The van der Waals surface area contributed by atoms with E-state index in [1.165, 1.54) is 22.9 Å². The van der Waals surface area contributed by atoms with Gasteiger partial charge < -0.3 is 19.6 Å². The van der Waals surface area contributed by atoms with Crippen LogP contribution in [0, 0.1) is 10.1 Å². The quantitative estimate of drug-likeness (QED) is 0.630. The SMILES string of the molecule is O=[N+]([O-])c1cn2c(n1)OC[C@@H](OCc1ccc(C(F)(F)F)cc1)C2. The van der Waals surface area contributed by atoms with E-state index in [4.69, 9.17) is 9.47 Å².